The van der Waals surface area contributed by atoms with Gasteiger partial charge in [-0.3, -0.25) is 0 Å². The molecule has 0 saturated carbocycles. The third-order valence-electron chi connectivity index (χ3n) is 11.5. The number of aromatic nitrogens is 5. The fraction of sp³-hybridized carbons (Fsp3) is 0. The zero-order chi connectivity index (χ0) is 38.2. The first kappa shape index (κ1) is 32.4. The van der Waals surface area contributed by atoms with Crippen molar-refractivity contribution in [3.63, 3.8) is 0 Å². The van der Waals surface area contributed by atoms with Gasteiger partial charge in [0, 0.05) is 49.6 Å². The van der Waals surface area contributed by atoms with Gasteiger partial charge in [-0.05, 0) is 76.1 Å². The van der Waals surface area contributed by atoms with E-state index >= 15 is 0 Å². The molecule has 5 heteroatoms. The Morgan fingerprint density at radius 3 is 1.28 bits per heavy atom. The average Bonchev–Trinajstić information content (AvgIpc) is 3.82. The molecule has 0 aliphatic rings. The fourth-order valence-electron chi connectivity index (χ4n) is 8.84. The molecule has 9 aromatic carbocycles. The Bertz CT molecular complexity index is 3510. The first-order valence-corrected chi connectivity index (χ1v) is 19.6. The van der Waals surface area contributed by atoms with Gasteiger partial charge in [-0.1, -0.05) is 146 Å². The second kappa shape index (κ2) is 12.8. The Morgan fingerprint density at radius 1 is 0.276 bits per heavy atom. The van der Waals surface area contributed by atoms with Crippen LogP contribution in [0.1, 0.15) is 0 Å². The van der Waals surface area contributed by atoms with E-state index in [9.17, 15) is 0 Å². The molecule has 0 radical (unpaired) electrons. The number of nitrogens with zero attached hydrogens (tertiary/aromatic N) is 5. The standard InChI is InChI=1S/C53H33N5/c1-3-14-36(15-4-1)51-54-52(37-16-5-2-6-17-37)56-53(55-51)39-24-23-35-26-28-42(33-40(35)31-39)58-46-22-12-10-20-44(46)50-48(58)30-29-47-49(50)43-19-9-11-21-45(43)57(47)41-27-25-34-13-7-8-18-38(34)32-41/h1-33H. The van der Waals surface area contributed by atoms with Crippen molar-refractivity contribution >= 4 is 65.2 Å². The zero-order valence-electron chi connectivity index (χ0n) is 31.3. The van der Waals surface area contributed by atoms with Crippen molar-refractivity contribution in [3.8, 4) is 45.5 Å². The van der Waals surface area contributed by atoms with E-state index in [0.29, 0.717) is 17.5 Å². The molecular formula is C53H33N5. The maximum absolute atomic E-state index is 5.02. The minimum atomic E-state index is 0.641. The molecule has 0 N–H and O–H groups in total. The maximum Gasteiger partial charge on any atom is 0.164 e. The predicted molar refractivity (Wildman–Crippen MR) is 240 cm³/mol. The Kier molecular flexibility index (Phi) is 7.16. The highest BCUT2D eigenvalue weighted by atomic mass is 15.0. The van der Waals surface area contributed by atoms with Crippen molar-refractivity contribution in [2.24, 2.45) is 0 Å². The lowest BCUT2D eigenvalue weighted by Crippen LogP contribution is -2.00. The number of rotatable bonds is 5. The first-order chi connectivity index (χ1) is 28.7. The number of fused-ring (bicyclic) bond motifs is 9. The lowest BCUT2D eigenvalue weighted by Gasteiger charge is -2.12. The number of benzene rings is 9. The fourth-order valence-corrected chi connectivity index (χ4v) is 8.84. The van der Waals surface area contributed by atoms with Gasteiger partial charge in [-0.25, -0.2) is 15.0 Å². The molecule has 0 aliphatic carbocycles. The molecule has 12 aromatic rings. The highest BCUT2D eigenvalue weighted by molar-refractivity contribution is 6.29. The van der Waals surface area contributed by atoms with Gasteiger partial charge < -0.3 is 9.13 Å². The molecule has 0 spiro atoms. The minimum absolute atomic E-state index is 0.641. The summed E-state index contributed by atoms with van der Waals surface area (Å²) in [5.41, 5.74) is 9.81. The number of para-hydroxylation sites is 2. The van der Waals surface area contributed by atoms with Crippen LogP contribution in [0.2, 0.25) is 0 Å². The molecule has 0 atom stereocenters. The van der Waals surface area contributed by atoms with Crippen LogP contribution < -0.4 is 0 Å². The van der Waals surface area contributed by atoms with Crippen LogP contribution in [-0.4, -0.2) is 24.1 Å². The highest BCUT2D eigenvalue weighted by Crippen LogP contribution is 2.43. The van der Waals surface area contributed by atoms with E-state index in [0.717, 1.165) is 38.8 Å². The molecule has 12 rings (SSSR count). The molecule has 0 fully saturated rings. The molecule has 0 aliphatic heterocycles. The van der Waals surface area contributed by atoms with Crippen LogP contribution in [0.25, 0.3) is 111 Å². The van der Waals surface area contributed by atoms with Crippen molar-refractivity contribution in [2.75, 3.05) is 0 Å². The van der Waals surface area contributed by atoms with E-state index in [-0.39, 0.29) is 0 Å². The molecule has 0 amide bonds. The smallest absolute Gasteiger partial charge is 0.164 e. The summed E-state index contributed by atoms with van der Waals surface area (Å²) in [6, 6.07) is 71.1. The van der Waals surface area contributed by atoms with E-state index < -0.39 is 0 Å². The molecule has 3 heterocycles. The molecule has 3 aromatic heterocycles. The van der Waals surface area contributed by atoms with E-state index in [1.807, 2.05) is 60.7 Å². The zero-order valence-corrected chi connectivity index (χ0v) is 31.3. The molecule has 270 valence electrons. The minimum Gasteiger partial charge on any atom is -0.309 e. The Morgan fingerprint density at radius 2 is 0.707 bits per heavy atom. The van der Waals surface area contributed by atoms with E-state index in [4.69, 9.17) is 15.0 Å². The van der Waals surface area contributed by atoms with E-state index in [2.05, 4.69) is 149 Å². The van der Waals surface area contributed by atoms with E-state index in [1.54, 1.807) is 0 Å². The van der Waals surface area contributed by atoms with Crippen molar-refractivity contribution in [3.05, 3.63) is 200 Å². The van der Waals surface area contributed by atoms with Crippen LogP contribution >= 0.6 is 0 Å². The van der Waals surface area contributed by atoms with Crippen LogP contribution in [-0.2, 0) is 0 Å². The monoisotopic (exact) mass is 739 g/mol. The van der Waals surface area contributed by atoms with Gasteiger partial charge >= 0.3 is 0 Å². The van der Waals surface area contributed by atoms with Gasteiger partial charge in [0.05, 0.1) is 22.1 Å². The lowest BCUT2D eigenvalue weighted by molar-refractivity contribution is 1.07. The molecular weight excluding hydrogens is 707 g/mol. The summed E-state index contributed by atoms with van der Waals surface area (Å²) in [5.74, 6) is 1.94. The second-order valence-corrected chi connectivity index (χ2v) is 14.9. The molecule has 0 unspecified atom stereocenters. The van der Waals surface area contributed by atoms with Crippen LogP contribution in [0.4, 0.5) is 0 Å². The summed E-state index contributed by atoms with van der Waals surface area (Å²) in [6.07, 6.45) is 0. The summed E-state index contributed by atoms with van der Waals surface area (Å²) in [5, 5.41) is 9.71. The lowest BCUT2D eigenvalue weighted by atomic mass is 10.0. The highest BCUT2D eigenvalue weighted by Gasteiger charge is 2.21. The topological polar surface area (TPSA) is 48.5 Å². The quantitative estimate of drug-likeness (QED) is 0.177. The molecule has 0 bridgehead atoms. The van der Waals surface area contributed by atoms with Gasteiger partial charge in [-0.2, -0.15) is 0 Å². The number of hydrogen-bond donors (Lipinski definition) is 0. The maximum atomic E-state index is 5.02. The van der Waals surface area contributed by atoms with Gasteiger partial charge in [-0.15, -0.1) is 0 Å². The Hall–Kier alpha value is -7.89. The SMILES string of the molecule is c1ccc(-c2nc(-c3ccccc3)nc(-c3ccc4ccc(-n5c6ccccc6c6c7c8ccccc8n(-c8ccc9ccccc9c8)c7ccc65)cc4c3)n2)cc1. The van der Waals surface area contributed by atoms with Crippen LogP contribution in [0.15, 0.2) is 200 Å². The Balaban J connectivity index is 1.06. The van der Waals surface area contributed by atoms with Crippen molar-refractivity contribution in [2.45, 2.75) is 0 Å². The molecule has 58 heavy (non-hydrogen) atoms. The average molecular weight is 740 g/mol. The van der Waals surface area contributed by atoms with Crippen molar-refractivity contribution in [1.82, 2.24) is 24.1 Å². The van der Waals surface area contributed by atoms with Gasteiger partial charge in [0.15, 0.2) is 17.5 Å². The third-order valence-corrected chi connectivity index (χ3v) is 11.5. The molecule has 5 nitrogen and oxygen atoms in total. The summed E-state index contributed by atoms with van der Waals surface area (Å²) in [6.45, 7) is 0. The van der Waals surface area contributed by atoms with E-state index in [1.165, 1.54) is 54.4 Å². The normalized spacial score (nSPS) is 11.8. The van der Waals surface area contributed by atoms with Crippen LogP contribution in [0.3, 0.4) is 0 Å². The second-order valence-electron chi connectivity index (χ2n) is 14.9. The van der Waals surface area contributed by atoms with Gasteiger partial charge in [0.2, 0.25) is 0 Å². The van der Waals surface area contributed by atoms with Crippen molar-refractivity contribution < 1.29 is 0 Å². The first-order valence-electron chi connectivity index (χ1n) is 19.6. The largest absolute Gasteiger partial charge is 0.309 e. The van der Waals surface area contributed by atoms with Gasteiger partial charge in [0.1, 0.15) is 0 Å². The summed E-state index contributed by atoms with van der Waals surface area (Å²) < 4.78 is 4.84. The van der Waals surface area contributed by atoms with Gasteiger partial charge in [0.25, 0.3) is 0 Å². The van der Waals surface area contributed by atoms with Crippen LogP contribution in [0, 0.1) is 0 Å². The van der Waals surface area contributed by atoms with Crippen LogP contribution in [0.5, 0.6) is 0 Å². The summed E-state index contributed by atoms with van der Waals surface area (Å²) >= 11 is 0. The third kappa shape index (κ3) is 5.07. The molecule has 0 saturated heterocycles. The number of hydrogen-bond acceptors (Lipinski definition) is 3. The Labute approximate surface area is 333 Å². The summed E-state index contributed by atoms with van der Waals surface area (Å²) in [7, 11) is 0. The predicted octanol–water partition coefficient (Wildman–Crippen LogP) is 13.4. The summed E-state index contributed by atoms with van der Waals surface area (Å²) in [4.78, 5) is 15.0. The van der Waals surface area contributed by atoms with Crippen molar-refractivity contribution in [1.29, 1.82) is 0 Å².